The van der Waals surface area contributed by atoms with Crippen molar-refractivity contribution in [3.05, 3.63) is 37.2 Å². The lowest BCUT2D eigenvalue weighted by Crippen LogP contribution is -2.16. The summed E-state index contributed by atoms with van der Waals surface area (Å²) in [4.78, 5) is 0. The first-order valence-electron chi connectivity index (χ1n) is 5.80. The zero-order valence-corrected chi connectivity index (χ0v) is 14.3. The molecule has 1 unspecified atom stereocenters. The fourth-order valence-corrected chi connectivity index (χ4v) is 4.83. The molecule has 2 aromatic rings. The highest BCUT2D eigenvalue weighted by atomic mass is 79.9. The summed E-state index contributed by atoms with van der Waals surface area (Å²) < 4.78 is 4.28. The Hall–Kier alpha value is -0.170. The number of hydrogen-bond acceptors (Lipinski definition) is 3. The molecule has 18 heavy (non-hydrogen) atoms. The van der Waals surface area contributed by atoms with Crippen LogP contribution in [-0.4, -0.2) is 16.8 Å². The zero-order chi connectivity index (χ0) is 13.1. The Morgan fingerprint density at radius 1 is 1.50 bits per heavy atom. The molecule has 0 spiro atoms. The smallest absolute Gasteiger partial charge is 0.0761 e. The lowest BCUT2D eigenvalue weighted by molar-refractivity contribution is 0.600. The van der Waals surface area contributed by atoms with Crippen LogP contribution in [0, 0.1) is 0 Å². The van der Waals surface area contributed by atoms with Crippen molar-refractivity contribution < 1.29 is 0 Å². The average Bonchev–Trinajstić information content (AvgIpc) is 2.89. The minimum Gasteiger partial charge on any atom is -0.309 e. The van der Waals surface area contributed by atoms with Crippen LogP contribution in [0.5, 0.6) is 0 Å². The number of nitrogens with one attached hydrogen (secondary N) is 1. The molecule has 0 saturated carbocycles. The van der Waals surface area contributed by atoms with Gasteiger partial charge in [0, 0.05) is 18.3 Å². The predicted octanol–water partition coefficient (Wildman–Crippen LogP) is 4.19. The Kier molecular flexibility index (Phi) is 5.00. The molecule has 1 N–H and O–H groups in total. The van der Waals surface area contributed by atoms with Crippen LogP contribution in [0.4, 0.5) is 0 Å². The van der Waals surface area contributed by atoms with E-state index >= 15 is 0 Å². The summed E-state index contributed by atoms with van der Waals surface area (Å²) >= 11 is 8.83. The van der Waals surface area contributed by atoms with Crippen molar-refractivity contribution in [2.45, 2.75) is 25.9 Å². The molecule has 3 nitrogen and oxygen atoms in total. The Morgan fingerprint density at radius 2 is 2.28 bits per heavy atom. The maximum absolute atomic E-state index is 4.39. The van der Waals surface area contributed by atoms with Crippen molar-refractivity contribution in [2.24, 2.45) is 0 Å². The molecule has 0 aromatic carbocycles. The van der Waals surface area contributed by atoms with Crippen LogP contribution in [0.3, 0.4) is 0 Å². The summed E-state index contributed by atoms with van der Waals surface area (Å²) in [7, 11) is 1.97. The lowest BCUT2D eigenvalue weighted by atomic mass is 10.1. The second kappa shape index (κ2) is 6.32. The fourth-order valence-electron chi connectivity index (χ4n) is 1.93. The molecule has 0 fully saturated rings. The minimum atomic E-state index is 0.174. The first-order valence-corrected chi connectivity index (χ1v) is 8.20. The van der Waals surface area contributed by atoms with Crippen molar-refractivity contribution in [1.29, 1.82) is 0 Å². The number of aromatic nitrogens is 2. The monoisotopic (exact) mass is 391 g/mol. The summed E-state index contributed by atoms with van der Waals surface area (Å²) in [5.74, 6) is 0. The molecule has 2 rings (SSSR count). The quantitative estimate of drug-likeness (QED) is 0.826. The zero-order valence-electron chi connectivity index (χ0n) is 10.3. The van der Waals surface area contributed by atoms with Crippen molar-refractivity contribution in [3.63, 3.8) is 0 Å². The largest absolute Gasteiger partial charge is 0.309 e. The Morgan fingerprint density at radius 3 is 2.83 bits per heavy atom. The van der Waals surface area contributed by atoms with E-state index in [9.17, 15) is 0 Å². The molecule has 0 aliphatic carbocycles. The first kappa shape index (κ1) is 14.2. The Balaban J connectivity index is 2.29. The van der Waals surface area contributed by atoms with E-state index in [1.807, 2.05) is 17.9 Å². The van der Waals surface area contributed by atoms with Gasteiger partial charge in [-0.3, -0.25) is 4.68 Å². The van der Waals surface area contributed by atoms with E-state index in [4.69, 9.17) is 0 Å². The van der Waals surface area contributed by atoms with Gasteiger partial charge < -0.3 is 5.32 Å². The van der Waals surface area contributed by atoms with Gasteiger partial charge in [0.05, 0.1) is 19.8 Å². The van der Waals surface area contributed by atoms with Crippen LogP contribution >= 0.6 is 43.2 Å². The van der Waals surface area contributed by atoms with Gasteiger partial charge in [-0.1, -0.05) is 6.92 Å². The van der Waals surface area contributed by atoms with Gasteiger partial charge in [-0.05, 0) is 57.0 Å². The molecular weight excluding hydrogens is 378 g/mol. The second-order valence-electron chi connectivity index (χ2n) is 4.04. The van der Waals surface area contributed by atoms with Gasteiger partial charge in [-0.25, -0.2) is 0 Å². The van der Waals surface area contributed by atoms with E-state index in [0.29, 0.717) is 0 Å². The highest BCUT2D eigenvalue weighted by molar-refractivity contribution is 9.12. The van der Waals surface area contributed by atoms with Crippen LogP contribution in [0.2, 0.25) is 0 Å². The highest BCUT2D eigenvalue weighted by Gasteiger charge is 2.18. The SMILES string of the molecule is CCCn1cc(C(NC)c2cc(Br)sc2Br)cn1. The Bertz CT molecular complexity index is 521. The maximum Gasteiger partial charge on any atom is 0.0761 e. The van der Waals surface area contributed by atoms with Crippen molar-refractivity contribution in [2.75, 3.05) is 7.05 Å². The number of halogens is 2. The molecule has 2 heterocycles. The van der Waals surface area contributed by atoms with E-state index in [2.05, 4.69) is 61.5 Å². The third kappa shape index (κ3) is 3.04. The second-order valence-corrected chi connectivity index (χ2v) is 7.79. The molecule has 0 radical (unpaired) electrons. The highest BCUT2D eigenvalue weighted by Crippen LogP contribution is 2.37. The molecule has 98 valence electrons. The van der Waals surface area contributed by atoms with Crippen LogP contribution in [0.15, 0.2) is 26.0 Å². The first-order chi connectivity index (χ1) is 8.65. The van der Waals surface area contributed by atoms with Gasteiger partial charge in [0.15, 0.2) is 0 Å². The van der Waals surface area contributed by atoms with Crippen LogP contribution in [0.25, 0.3) is 0 Å². The molecule has 6 heteroatoms. The molecule has 0 saturated heterocycles. The fraction of sp³-hybridized carbons (Fsp3) is 0.417. The predicted molar refractivity (Wildman–Crippen MR) is 83.1 cm³/mol. The number of rotatable bonds is 5. The van der Waals surface area contributed by atoms with Gasteiger partial charge >= 0.3 is 0 Å². The van der Waals surface area contributed by atoms with Gasteiger partial charge in [0.25, 0.3) is 0 Å². The summed E-state index contributed by atoms with van der Waals surface area (Å²) in [6.45, 7) is 3.12. The summed E-state index contributed by atoms with van der Waals surface area (Å²) in [5.41, 5.74) is 2.43. The topological polar surface area (TPSA) is 29.9 Å². The summed E-state index contributed by atoms with van der Waals surface area (Å²) in [5, 5.41) is 7.74. The van der Waals surface area contributed by atoms with Crippen molar-refractivity contribution >= 4 is 43.2 Å². The molecule has 2 aromatic heterocycles. The van der Waals surface area contributed by atoms with E-state index in [1.165, 1.54) is 11.1 Å². The normalized spacial score (nSPS) is 12.9. The van der Waals surface area contributed by atoms with E-state index in [1.54, 1.807) is 11.3 Å². The third-order valence-corrected chi connectivity index (χ3v) is 5.11. The lowest BCUT2D eigenvalue weighted by Gasteiger charge is -2.13. The van der Waals surface area contributed by atoms with Crippen LogP contribution < -0.4 is 5.32 Å². The van der Waals surface area contributed by atoms with Crippen molar-refractivity contribution in [3.8, 4) is 0 Å². The average molecular weight is 393 g/mol. The Labute approximate surface area is 128 Å². The summed E-state index contributed by atoms with van der Waals surface area (Å²) in [6, 6.07) is 2.32. The van der Waals surface area contributed by atoms with Gasteiger partial charge in [0.1, 0.15) is 0 Å². The summed E-state index contributed by atoms with van der Waals surface area (Å²) in [6.07, 6.45) is 5.15. The van der Waals surface area contributed by atoms with Crippen molar-refractivity contribution in [1.82, 2.24) is 15.1 Å². The third-order valence-electron chi connectivity index (χ3n) is 2.72. The van der Waals surface area contributed by atoms with E-state index in [0.717, 1.165) is 20.5 Å². The number of aryl methyl sites for hydroxylation is 1. The molecular formula is C12H15Br2N3S. The molecule has 0 bridgehead atoms. The van der Waals surface area contributed by atoms with Gasteiger partial charge in [-0.15, -0.1) is 11.3 Å². The van der Waals surface area contributed by atoms with E-state index < -0.39 is 0 Å². The molecule has 0 aliphatic rings. The van der Waals surface area contributed by atoms with Crippen LogP contribution in [0.1, 0.15) is 30.5 Å². The van der Waals surface area contributed by atoms with Gasteiger partial charge in [-0.2, -0.15) is 5.10 Å². The number of nitrogens with zero attached hydrogens (tertiary/aromatic N) is 2. The van der Waals surface area contributed by atoms with E-state index in [-0.39, 0.29) is 6.04 Å². The minimum absolute atomic E-state index is 0.174. The molecule has 0 amide bonds. The van der Waals surface area contributed by atoms with Gasteiger partial charge in [0.2, 0.25) is 0 Å². The van der Waals surface area contributed by atoms with Crippen LogP contribution in [-0.2, 0) is 6.54 Å². The number of hydrogen-bond donors (Lipinski definition) is 1. The molecule has 0 aliphatic heterocycles. The maximum atomic E-state index is 4.39. The number of thiophene rings is 1. The standard InChI is InChI=1S/C12H15Br2N3S/c1-3-4-17-7-8(6-16-17)11(15-2)9-5-10(13)18-12(9)14/h5-7,11,15H,3-4H2,1-2H3. The molecule has 1 atom stereocenters.